The number of hydrogen-bond acceptors (Lipinski definition) is 4. The van der Waals surface area contributed by atoms with Gasteiger partial charge in [-0.2, -0.15) is 13.2 Å². The van der Waals surface area contributed by atoms with Crippen molar-refractivity contribution in [1.82, 2.24) is 20.2 Å². The molecule has 0 saturated carbocycles. The molecule has 7 nitrogen and oxygen atoms in total. The summed E-state index contributed by atoms with van der Waals surface area (Å²) < 4.78 is 93.3. The average Bonchev–Trinajstić information content (AvgIpc) is 3.11. The molecular formula is C18H17F7N4O3. The predicted molar refractivity (Wildman–Crippen MR) is 94.7 cm³/mol. The average molecular weight is 470 g/mol. The quantitative estimate of drug-likeness (QED) is 0.671. The number of aromatic amines is 1. The first-order valence-corrected chi connectivity index (χ1v) is 9.35. The molecule has 0 unspecified atom stereocenters. The number of pyridine rings is 1. The van der Waals surface area contributed by atoms with Crippen LogP contribution in [-0.4, -0.2) is 58.3 Å². The van der Waals surface area contributed by atoms with Crippen LogP contribution < -0.4 is 5.32 Å². The molecule has 3 heterocycles. The first kappa shape index (κ1) is 23.8. The Labute approximate surface area is 175 Å². The maximum absolute atomic E-state index is 14.1. The molecule has 2 aromatic heterocycles. The molecule has 32 heavy (non-hydrogen) atoms. The molecule has 1 atom stereocenters. The van der Waals surface area contributed by atoms with Gasteiger partial charge in [-0.3, -0.25) is 14.3 Å². The van der Waals surface area contributed by atoms with Crippen molar-refractivity contribution >= 4 is 22.7 Å². The second-order valence-electron chi connectivity index (χ2n) is 7.21. The van der Waals surface area contributed by atoms with Gasteiger partial charge in [-0.1, -0.05) is 0 Å². The van der Waals surface area contributed by atoms with Crippen LogP contribution in [0.3, 0.4) is 0 Å². The van der Waals surface area contributed by atoms with E-state index in [1.165, 1.54) is 11.8 Å². The van der Waals surface area contributed by atoms with Crippen LogP contribution in [0.4, 0.5) is 30.7 Å². The van der Waals surface area contributed by atoms with Gasteiger partial charge < -0.3 is 15.2 Å². The second-order valence-corrected chi connectivity index (χ2v) is 7.21. The van der Waals surface area contributed by atoms with Crippen molar-refractivity contribution in [1.29, 1.82) is 0 Å². The third kappa shape index (κ3) is 5.29. The molecular weight excluding hydrogens is 453 g/mol. The fourth-order valence-corrected chi connectivity index (χ4v) is 3.38. The number of H-pyrrole nitrogens is 1. The lowest BCUT2D eigenvalue weighted by molar-refractivity contribution is -0.345. The van der Waals surface area contributed by atoms with Gasteiger partial charge >= 0.3 is 12.5 Å². The van der Waals surface area contributed by atoms with E-state index in [1.807, 2.05) is 0 Å². The van der Waals surface area contributed by atoms with Gasteiger partial charge in [0.05, 0.1) is 17.8 Å². The Balaban J connectivity index is 1.64. The lowest BCUT2D eigenvalue weighted by Crippen LogP contribution is -2.50. The highest BCUT2D eigenvalue weighted by Gasteiger charge is 2.38. The molecule has 3 rings (SSSR count). The molecule has 0 spiro atoms. The van der Waals surface area contributed by atoms with E-state index in [2.05, 4.69) is 20.0 Å². The fourth-order valence-electron chi connectivity index (χ4n) is 3.38. The molecule has 1 fully saturated rings. The van der Waals surface area contributed by atoms with Gasteiger partial charge in [0, 0.05) is 18.5 Å². The van der Waals surface area contributed by atoms with E-state index in [9.17, 15) is 40.3 Å². The van der Waals surface area contributed by atoms with E-state index in [-0.39, 0.29) is 37.1 Å². The first-order chi connectivity index (χ1) is 14.8. The molecule has 2 N–H and O–H groups in total. The summed E-state index contributed by atoms with van der Waals surface area (Å²) in [4.78, 5) is 31.6. The lowest BCUT2D eigenvalue weighted by atomic mass is 10.1. The number of amides is 2. The number of ether oxygens (including phenoxy) is 1. The van der Waals surface area contributed by atoms with Crippen LogP contribution in [0.2, 0.25) is 0 Å². The van der Waals surface area contributed by atoms with Crippen molar-refractivity contribution in [3.05, 3.63) is 29.5 Å². The number of alkyl halides is 6. The largest absolute Gasteiger partial charge is 0.522 e. The normalized spacial score (nSPS) is 16.9. The maximum atomic E-state index is 14.1. The number of nitrogens with zero attached hydrogens (tertiary/aromatic N) is 2. The monoisotopic (exact) mass is 470 g/mol. The topological polar surface area (TPSA) is 87.3 Å². The summed E-state index contributed by atoms with van der Waals surface area (Å²) in [5.41, 5.74) is -2.17. The van der Waals surface area contributed by atoms with Crippen molar-refractivity contribution in [2.24, 2.45) is 0 Å². The highest BCUT2D eigenvalue weighted by molar-refractivity contribution is 6.00. The van der Waals surface area contributed by atoms with E-state index in [0.717, 1.165) is 12.3 Å². The van der Waals surface area contributed by atoms with Crippen molar-refractivity contribution in [3.8, 4) is 0 Å². The number of halogens is 7. The van der Waals surface area contributed by atoms with Gasteiger partial charge in [-0.05, 0) is 25.8 Å². The number of piperidine rings is 1. The Morgan fingerprint density at radius 3 is 2.41 bits per heavy atom. The standard InChI is InChI=1S/C18H17F7N4O3/c1-8(16(31)29-4-2-9(3-5-29)32-18(23,24)25)27-15(30)11-6-10-12(28-11)7-26-14(13(10)19)17(20,21)22/h6-9,28H,2-5H2,1H3,(H,27,30)/t8-/m1/s1. The van der Waals surface area contributed by atoms with Crippen molar-refractivity contribution in [3.63, 3.8) is 0 Å². The van der Waals surface area contributed by atoms with Gasteiger partial charge in [-0.25, -0.2) is 9.37 Å². The van der Waals surface area contributed by atoms with E-state index < -0.39 is 53.4 Å². The van der Waals surface area contributed by atoms with Crippen molar-refractivity contribution in [2.45, 2.75) is 44.4 Å². The number of fused-ring (bicyclic) bond motifs is 1. The number of aromatic nitrogens is 2. The number of rotatable bonds is 4. The Bertz CT molecular complexity index is 1010. The molecule has 0 aromatic carbocycles. The molecule has 2 aromatic rings. The molecule has 176 valence electrons. The highest BCUT2D eigenvalue weighted by atomic mass is 19.4. The number of likely N-dealkylation sites (tertiary alicyclic amines) is 1. The van der Waals surface area contributed by atoms with Crippen molar-refractivity contribution < 1.29 is 45.1 Å². The molecule has 2 amide bonds. The number of carbonyl (C=O) groups is 2. The fraction of sp³-hybridized carbons (Fsp3) is 0.500. The summed E-state index contributed by atoms with van der Waals surface area (Å²) >= 11 is 0. The Morgan fingerprint density at radius 1 is 1.22 bits per heavy atom. The molecule has 1 saturated heterocycles. The third-order valence-corrected chi connectivity index (χ3v) is 4.90. The van der Waals surface area contributed by atoms with Crippen LogP contribution in [0, 0.1) is 5.82 Å². The zero-order valence-electron chi connectivity index (χ0n) is 16.4. The van der Waals surface area contributed by atoms with Crippen LogP contribution in [0.5, 0.6) is 0 Å². The molecule has 0 aliphatic carbocycles. The summed E-state index contributed by atoms with van der Waals surface area (Å²) in [6.45, 7) is 1.32. The maximum Gasteiger partial charge on any atom is 0.522 e. The molecule has 0 bridgehead atoms. The summed E-state index contributed by atoms with van der Waals surface area (Å²) in [5.74, 6) is -3.09. The Kier molecular flexibility index (Phi) is 6.36. The van der Waals surface area contributed by atoms with Crippen molar-refractivity contribution in [2.75, 3.05) is 13.1 Å². The van der Waals surface area contributed by atoms with Gasteiger partial charge in [-0.15, -0.1) is 13.2 Å². The van der Waals surface area contributed by atoms with E-state index in [1.54, 1.807) is 0 Å². The van der Waals surface area contributed by atoms with Gasteiger partial charge in [0.15, 0.2) is 11.5 Å². The summed E-state index contributed by atoms with van der Waals surface area (Å²) in [7, 11) is 0. The summed E-state index contributed by atoms with van der Waals surface area (Å²) in [6, 6.07) is -0.226. The minimum Gasteiger partial charge on any atom is -0.349 e. The smallest absolute Gasteiger partial charge is 0.349 e. The Hall–Kier alpha value is -2.90. The summed E-state index contributed by atoms with van der Waals surface area (Å²) in [6.07, 6.45) is -10.2. The van der Waals surface area contributed by atoms with Crippen LogP contribution >= 0.6 is 0 Å². The van der Waals surface area contributed by atoms with E-state index in [0.29, 0.717) is 0 Å². The Morgan fingerprint density at radius 2 is 1.84 bits per heavy atom. The van der Waals surface area contributed by atoms with Gasteiger partial charge in [0.25, 0.3) is 5.91 Å². The second kappa shape index (κ2) is 8.56. The zero-order valence-corrected chi connectivity index (χ0v) is 16.4. The first-order valence-electron chi connectivity index (χ1n) is 9.35. The summed E-state index contributed by atoms with van der Waals surface area (Å²) in [5, 5.41) is 1.83. The van der Waals surface area contributed by atoms with Gasteiger partial charge in [0.2, 0.25) is 5.91 Å². The zero-order chi connectivity index (χ0) is 23.8. The van der Waals surface area contributed by atoms with Crippen LogP contribution in [0.25, 0.3) is 10.9 Å². The van der Waals surface area contributed by atoms with Crippen LogP contribution in [0.1, 0.15) is 35.9 Å². The van der Waals surface area contributed by atoms with E-state index >= 15 is 0 Å². The molecule has 0 radical (unpaired) electrons. The minimum absolute atomic E-state index is 0.0106. The van der Waals surface area contributed by atoms with E-state index in [4.69, 9.17) is 0 Å². The molecule has 1 aliphatic heterocycles. The van der Waals surface area contributed by atoms with Gasteiger partial charge in [0.1, 0.15) is 11.7 Å². The number of hydrogen-bond donors (Lipinski definition) is 2. The SMILES string of the molecule is C[C@@H](NC(=O)c1cc2c(F)c(C(F)(F)F)ncc2[nH]1)C(=O)N1CCC(OC(F)(F)F)CC1. The predicted octanol–water partition coefficient (Wildman–Crippen LogP) is 3.37. The number of carbonyl (C=O) groups excluding carboxylic acids is 2. The molecule has 14 heteroatoms. The number of nitrogens with one attached hydrogen (secondary N) is 2. The minimum atomic E-state index is -5.02. The molecule has 1 aliphatic rings. The van der Waals surface area contributed by atoms with Crippen LogP contribution in [-0.2, 0) is 15.7 Å². The highest BCUT2D eigenvalue weighted by Crippen LogP contribution is 2.32. The van der Waals surface area contributed by atoms with Crippen LogP contribution in [0.15, 0.2) is 12.3 Å². The third-order valence-electron chi connectivity index (χ3n) is 4.90. The lowest BCUT2D eigenvalue weighted by Gasteiger charge is -2.33.